The zero-order valence-electron chi connectivity index (χ0n) is 23.1. The maximum Gasteiger partial charge on any atom is 0.142 e. The highest BCUT2D eigenvalue weighted by Crippen LogP contribution is 2.54. The van der Waals surface area contributed by atoms with Gasteiger partial charge in [-0.2, -0.15) is 0 Å². The number of hydrogen-bond acceptors (Lipinski definition) is 1. The molecule has 0 amide bonds. The Hall–Kier alpha value is -2.68. The molecule has 0 bridgehead atoms. The highest BCUT2D eigenvalue weighted by Gasteiger charge is 2.44. The molecule has 2 heteroatoms. The molecule has 0 saturated heterocycles. The molecule has 37 heavy (non-hydrogen) atoms. The van der Waals surface area contributed by atoms with Crippen molar-refractivity contribution in [3.8, 4) is 22.3 Å². The van der Waals surface area contributed by atoms with Crippen LogP contribution in [-0.4, -0.2) is 5.11 Å². The van der Waals surface area contributed by atoms with Gasteiger partial charge >= 0.3 is 0 Å². The normalized spacial score (nSPS) is 23.8. The van der Waals surface area contributed by atoms with Crippen LogP contribution in [0.15, 0.2) is 89.4 Å². The predicted molar refractivity (Wildman–Crippen MR) is 156 cm³/mol. The van der Waals surface area contributed by atoms with E-state index in [1.807, 2.05) is 30.3 Å². The third kappa shape index (κ3) is 3.83. The third-order valence-electron chi connectivity index (χ3n) is 8.81. The van der Waals surface area contributed by atoms with E-state index in [1.165, 1.54) is 0 Å². The minimum Gasteiger partial charge on any atom is -0.376 e. The second-order valence-corrected chi connectivity index (χ2v) is 11.8. The molecule has 0 aliphatic heterocycles. The van der Waals surface area contributed by atoms with E-state index in [2.05, 4.69) is 70.5 Å². The number of benzene rings is 4. The molecule has 0 radical (unpaired) electrons. The van der Waals surface area contributed by atoms with E-state index in [0.29, 0.717) is 0 Å². The molecule has 1 unspecified atom stereocenters. The van der Waals surface area contributed by atoms with Crippen LogP contribution >= 0.6 is 15.9 Å². The Kier molecular flexibility index (Phi) is 5.32. The van der Waals surface area contributed by atoms with Gasteiger partial charge in [-0.05, 0) is 83.0 Å². The van der Waals surface area contributed by atoms with Crippen molar-refractivity contribution in [3.05, 3.63) is 117 Å². The van der Waals surface area contributed by atoms with E-state index in [1.54, 1.807) is 0 Å². The number of fused-ring (bicyclic) bond motifs is 3. The fraction of sp³-hybridized carbons (Fsp3) is 0.314. The molecule has 2 fully saturated rings. The Morgan fingerprint density at radius 2 is 1.19 bits per heavy atom. The first kappa shape index (κ1) is 21.3. The number of halogens is 1. The van der Waals surface area contributed by atoms with Crippen LogP contribution in [0.2, 0.25) is 0 Å². The summed E-state index contributed by atoms with van der Waals surface area (Å²) < 4.78 is 19.2. The molecule has 7 rings (SSSR count). The first-order chi connectivity index (χ1) is 18.8. The smallest absolute Gasteiger partial charge is 0.142 e. The molecule has 186 valence electrons. The molecule has 3 aliphatic rings. The minimum absolute atomic E-state index is 0.487. The summed E-state index contributed by atoms with van der Waals surface area (Å²) in [6, 6.07) is 29.2. The van der Waals surface area contributed by atoms with Gasteiger partial charge in [-0.25, -0.2) is 0 Å². The van der Waals surface area contributed by atoms with E-state index in [-0.39, 0.29) is 0 Å². The van der Waals surface area contributed by atoms with Gasteiger partial charge in [-0.1, -0.05) is 114 Å². The van der Waals surface area contributed by atoms with E-state index in [0.717, 1.165) is 106 Å². The van der Waals surface area contributed by atoms with Gasteiger partial charge in [0.1, 0.15) is 5.60 Å². The van der Waals surface area contributed by atoms with Gasteiger partial charge < -0.3 is 5.11 Å². The van der Waals surface area contributed by atoms with Crippen molar-refractivity contribution in [3.63, 3.8) is 0 Å². The Morgan fingerprint density at radius 1 is 0.622 bits per heavy atom. The maximum absolute atomic E-state index is 12.9. The van der Waals surface area contributed by atoms with Crippen LogP contribution in [0.5, 0.6) is 0 Å². The largest absolute Gasteiger partial charge is 0.376 e. The van der Waals surface area contributed by atoms with Crippen LogP contribution in [0.1, 0.15) is 93.7 Å². The van der Waals surface area contributed by atoms with Gasteiger partial charge in [-0.3, -0.25) is 0 Å². The van der Waals surface area contributed by atoms with Crippen LogP contribution in [0, 0.1) is 0 Å². The molecule has 1 atom stereocenters. The monoisotopic (exact) mass is 550 g/mol. The highest BCUT2D eigenvalue weighted by atomic mass is 79.9. The van der Waals surface area contributed by atoms with Crippen molar-refractivity contribution in [2.24, 2.45) is 0 Å². The third-order valence-corrected chi connectivity index (χ3v) is 9.31. The van der Waals surface area contributed by atoms with Crippen LogP contribution < -0.4 is 0 Å². The summed E-state index contributed by atoms with van der Waals surface area (Å²) in [4.78, 5) is 0. The standard InChI is InChI=1S/C35H33BrO/c36-28-18-20-31-30-11-5-6-12-32(30)35(37,34(31)22-28)33-21-27(24-9-3-4-10-24)17-19-29(33)26-15-13-25(14-16-26)23-7-1-2-8-23/h5-6,11-24,37H,1-4,7-10H2/i23D,24D. The molecular weight excluding hydrogens is 516 g/mol. The lowest BCUT2D eigenvalue weighted by Gasteiger charge is -2.30. The topological polar surface area (TPSA) is 20.2 Å². The zero-order chi connectivity index (χ0) is 26.8. The highest BCUT2D eigenvalue weighted by molar-refractivity contribution is 9.10. The van der Waals surface area contributed by atoms with Crippen LogP contribution in [-0.2, 0) is 5.60 Å². The molecule has 0 spiro atoms. The van der Waals surface area contributed by atoms with Crippen molar-refractivity contribution in [1.29, 1.82) is 0 Å². The molecule has 1 nitrogen and oxygen atoms in total. The first-order valence-corrected chi connectivity index (χ1v) is 14.5. The van der Waals surface area contributed by atoms with E-state index >= 15 is 0 Å². The second kappa shape index (κ2) is 9.26. The zero-order valence-corrected chi connectivity index (χ0v) is 22.7. The Labute approximate surface area is 231 Å². The Morgan fingerprint density at radius 3 is 1.92 bits per heavy atom. The lowest BCUT2D eigenvalue weighted by Crippen LogP contribution is -2.27. The number of rotatable bonds is 4. The van der Waals surface area contributed by atoms with Crippen LogP contribution in [0.25, 0.3) is 22.3 Å². The van der Waals surface area contributed by atoms with Gasteiger partial charge in [0.15, 0.2) is 0 Å². The van der Waals surface area contributed by atoms with Gasteiger partial charge in [0, 0.05) is 23.9 Å². The SMILES string of the molecule is [2H]C1(c2ccc(-c3ccc(C4([2H])CCCC4)cc3C3(O)c4ccccc4-c4ccc(Br)cc43)cc2)CCCC1. The van der Waals surface area contributed by atoms with Crippen molar-refractivity contribution in [2.75, 3.05) is 0 Å². The lowest BCUT2D eigenvalue weighted by atomic mass is 9.78. The summed E-state index contributed by atoms with van der Waals surface area (Å²) >= 11 is 3.66. The maximum atomic E-state index is 12.9. The summed E-state index contributed by atoms with van der Waals surface area (Å²) in [6.07, 6.45) is 7.91. The first-order valence-electron chi connectivity index (χ1n) is 14.7. The minimum atomic E-state index is -1.35. The van der Waals surface area contributed by atoms with Crippen molar-refractivity contribution >= 4 is 15.9 Å². The predicted octanol–water partition coefficient (Wildman–Crippen LogP) is 9.70. The summed E-state index contributed by atoms with van der Waals surface area (Å²) in [7, 11) is 0. The van der Waals surface area contributed by atoms with Gasteiger partial charge in [0.05, 0.1) is 0 Å². The van der Waals surface area contributed by atoms with Crippen molar-refractivity contribution in [1.82, 2.24) is 0 Å². The summed E-state index contributed by atoms with van der Waals surface area (Å²) in [5.74, 6) is -1.11. The number of aliphatic hydroxyl groups is 1. The van der Waals surface area contributed by atoms with Gasteiger partial charge in [0.25, 0.3) is 0 Å². The fourth-order valence-corrected chi connectivity index (χ4v) is 7.26. The van der Waals surface area contributed by atoms with Crippen LogP contribution in [0.3, 0.4) is 0 Å². The van der Waals surface area contributed by atoms with E-state index < -0.39 is 17.4 Å². The lowest BCUT2D eigenvalue weighted by molar-refractivity contribution is 0.131. The van der Waals surface area contributed by atoms with E-state index in [9.17, 15) is 6.48 Å². The number of hydrogen-bond donors (Lipinski definition) is 1. The Balaban J connectivity index is 1.45. The molecule has 0 aromatic heterocycles. The average Bonchev–Trinajstić information content (AvgIpc) is 3.67. The second-order valence-electron chi connectivity index (χ2n) is 10.9. The summed E-state index contributed by atoms with van der Waals surface area (Å²) in [5, 5.41) is 12.9. The molecule has 4 aromatic rings. The quantitative estimate of drug-likeness (QED) is 0.268. The molecule has 4 aromatic carbocycles. The van der Waals surface area contributed by atoms with Gasteiger partial charge in [0.2, 0.25) is 0 Å². The summed E-state index contributed by atoms with van der Waals surface area (Å²) in [5.41, 5.74) is 7.40. The van der Waals surface area contributed by atoms with Gasteiger partial charge in [-0.15, -0.1) is 0 Å². The van der Waals surface area contributed by atoms with E-state index in [4.69, 9.17) is 1.37 Å². The van der Waals surface area contributed by atoms with Crippen molar-refractivity contribution < 1.29 is 7.85 Å². The molecule has 0 heterocycles. The molecule has 1 N–H and O–H groups in total. The van der Waals surface area contributed by atoms with Crippen LogP contribution in [0.4, 0.5) is 0 Å². The fourth-order valence-electron chi connectivity index (χ4n) is 6.90. The summed E-state index contributed by atoms with van der Waals surface area (Å²) in [6.45, 7) is 0. The molecule has 3 aliphatic carbocycles. The van der Waals surface area contributed by atoms with Crippen molar-refractivity contribution in [2.45, 2.75) is 68.8 Å². The molecular formula is C35H33BrO. The molecule has 2 saturated carbocycles. The Bertz CT molecular complexity index is 1560. The average molecular weight is 552 g/mol.